The third-order valence-electron chi connectivity index (χ3n) is 6.70. The van der Waals surface area contributed by atoms with Crippen molar-refractivity contribution in [2.45, 2.75) is 45.2 Å². The zero-order chi connectivity index (χ0) is 19.8. The van der Waals surface area contributed by atoms with Crippen molar-refractivity contribution in [1.82, 2.24) is 29.5 Å². The second kappa shape index (κ2) is 7.88. The number of carbonyl (C=O) groups is 1. The van der Waals surface area contributed by atoms with E-state index in [0.29, 0.717) is 6.54 Å². The Morgan fingerprint density at radius 1 is 1.17 bits per heavy atom. The molecule has 0 unspecified atom stereocenters. The molecule has 1 aliphatic carbocycles. The molecule has 5 rings (SSSR count). The van der Waals surface area contributed by atoms with Gasteiger partial charge in [-0.25, -0.2) is 4.68 Å². The number of amides is 1. The van der Waals surface area contributed by atoms with Gasteiger partial charge in [-0.2, -0.15) is 5.10 Å². The third-order valence-corrected chi connectivity index (χ3v) is 6.70. The number of rotatable bonds is 4. The van der Waals surface area contributed by atoms with Crippen LogP contribution in [0.2, 0.25) is 0 Å². The van der Waals surface area contributed by atoms with Gasteiger partial charge in [0.05, 0.1) is 17.9 Å². The lowest BCUT2D eigenvalue weighted by molar-refractivity contribution is -0.135. The summed E-state index contributed by atoms with van der Waals surface area (Å²) in [6, 6.07) is 4.81. The lowest BCUT2D eigenvalue weighted by Gasteiger charge is -2.43. The molecule has 4 heterocycles. The standard InChI is InChI=1S/C22H30N6O/c1-17-13-20(5-7-23-17)28-15-18-14-25(8-6-21(18)24-28)16-22(29)27-11-9-26(10-12-27)19-3-2-4-19/h5,7,13,15,19H,2-4,6,8-12,14,16H2,1H3. The van der Waals surface area contributed by atoms with Gasteiger partial charge in [-0.15, -0.1) is 0 Å². The average molecular weight is 395 g/mol. The van der Waals surface area contributed by atoms with Crippen molar-refractivity contribution in [3.63, 3.8) is 0 Å². The first kappa shape index (κ1) is 18.8. The van der Waals surface area contributed by atoms with E-state index in [0.717, 1.165) is 68.8 Å². The molecule has 1 saturated heterocycles. The quantitative estimate of drug-likeness (QED) is 0.789. The molecule has 0 radical (unpaired) electrons. The van der Waals surface area contributed by atoms with Gasteiger partial charge in [0.25, 0.3) is 0 Å². The molecule has 0 bridgehead atoms. The summed E-state index contributed by atoms with van der Waals surface area (Å²) in [5, 5.41) is 4.77. The predicted octanol–water partition coefficient (Wildman–Crippen LogP) is 1.63. The summed E-state index contributed by atoms with van der Waals surface area (Å²) in [6.07, 6.45) is 8.89. The maximum absolute atomic E-state index is 12.8. The molecule has 1 amide bonds. The van der Waals surface area contributed by atoms with Crippen LogP contribution in [0.3, 0.4) is 0 Å². The second-order valence-corrected chi connectivity index (χ2v) is 8.66. The minimum atomic E-state index is 0.277. The summed E-state index contributed by atoms with van der Waals surface area (Å²) < 4.78 is 1.95. The molecule has 3 aliphatic rings. The summed E-state index contributed by atoms with van der Waals surface area (Å²) in [7, 11) is 0. The number of nitrogens with zero attached hydrogens (tertiary/aromatic N) is 6. The molecule has 2 aliphatic heterocycles. The molecule has 7 heteroatoms. The van der Waals surface area contributed by atoms with Crippen molar-refractivity contribution in [3.05, 3.63) is 41.5 Å². The highest BCUT2D eigenvalue weighted by Gasteiger charge is 2.30. The van der Waals surface area contributed by atoms with Crippen LogP contribution in [-0.4, -0.2) is 80.7 Å². The highest BCUT2D eigenvalue weighted by Crippen LogP contribution is 2.25. The molecule has 1 saturated carbocycles. The van der Waals surface area contributed by atoms with Gasteiger partial charge in [0.2, 0.25) is 5.91 Å². The van der Waals surface area contributed by atoms with E-state index in [2.05, 4.69) is 25.9 Å². The monoisotopic (exact) mass is 394 g/mol. The minimum Gasteiger partial charge on any atom is -0.339 e. The Balaban J connectivity index is 1.17. The van der Waals surface area contributed by atoms with E-state index in [1.807, 2.05) is 29.9 Å². The molecule has 7 nitrogen and oxygen atoms in total. The van der Waals surface area contributed by atoms with Crippen LogP contribution in [0.15, 0.2) is 24.5 Å². The Bertz CT molecular complexity index is 881. The smallest absolute Gasteiger partial charge is 0.236 e. The SMILES string of the molecule is Cc1cc(-n2cc3c(n2)CCN(CC(=O)N2CCN(C4CCC4)CC2)C3)ccn1. The molecule has 29 heavy (non-hydrogen) atoms. The van der Waals surface area contributed by atoms with E-state index >= 15 is 0 Å². The first-order valence-electron chi connectivity index (χ1n) is 10.9. The van der Waals surface area contributed by atoms with E-state index in [-0.39, 0.29) is 5.91 Å². The van der Waals surface area contributed by atoms with Crippen molar-refractivity contribution in [3.8, 4) is 5.69 Å². The van der Waals surface area contributed by atoms with Crippen LogP contribution in [0, 0.1) is 6.92 Å². The van der Waals surface area contributed by atoms with Crippen molar-refractivity contribution < 1.29 is 4.79 Å². The van der Waals surface area contributed by atoms with Gasteiger partial charge in [-0.1, -0.05) is 6.42 Å². The lowest BCUT2D eigenvalue weighted by Crippen LogP contribution is -2.55. The van der Waals surface area contributed by atoms with Crippen molar-refractivity contribution >= 4 is 5.91 Å². The zero-order valence-corrected chi connectivity index (χ0v) is 17.3. The number of fused-ring (bicyclic) bond motifs is 1. The van der Waals surface area contributed by atoms with Crippen molar-refractivity contribution in [1.29, 1.82) is 0 Å². The molecule has 0 spiro atoms. The maximum atomic E-state index is 12.8. The van der Waals surface area contributed by atoms with Crippen LogP contribution < -0.4 is 0 Å². The first-order valence-corrected chi connectivity index (χ1v) is 10.9. The molecule has 0 aromatic carbocycles. The fourth-order valence-electron chi connectivity index (χ4n) is 4.69. The van der Waals surface area contributed by atoms with E-state index in [9.17, 15) is 4.79 Å². The van der Waals surface area contributed by atoms with Gasteiger partial charge in [0.15, 0.2) is 0 Å². The maximum Gasteiger partial charge on any atom is 0.236 e. The molecular weight excluding hydrogens is 364 g/mol. The number of piperazine rings is 1. The number of carbonyl (C=O) groups excluding carboxylic acids is 1. The molecule has 0 N–H and O–H groups in total. The van der Waals surface area contributed by atoms with Gasteiger partial charge in [-0.05, 0) is 31.9 Å². The van der Waals surface area contributed by atoms with Crippen LogP contribution in [0.5, 0.6) is 0 Å². The van der Waals surface area contributed by atoms with E-state index < -0.39 is 0 Å². The highest BCUT2D eigenvalue weighted by molar-refractivity contribution is 5.78. The van der Waals surface area contributed by atoms with Gasteiger partial charge in [0, 0.05) is 75.4 Å². The van der Waals surface area contributed by atoms with Gasteiger partial charge < -0.3 is 4.90 Å². The molecule has 0 atom stereocenters. The third kappa shape index (κ3) is 3.94. The summed E-state index contributed by atoms with van der Waals surface area (Å²) in [5.41, 5.74) is 4.41. The molecule has 2 aromatic rings. The molecule has 154 valence electrons. The molecule has 2 aromatic heterocycles. The summed E-state index contributed by atoms with van der Waals surface area (Å²) in [6.45, 7) is 8.05. The fourth-order valence-corrected chi connectivity index (χ4v) is 4.69. The summed E-state index contributed by atoms with van der Waals surface area (Å²) >= 11 is 0. The Morgan fingerprint density at radius 3 is 2.72 bits per heavy atom. The number of aromatic nitrogens is 3. The number of hydrogen-bond donors (Lipinski definition) is 0. The van der Waals surface area contributed by atoms with Crippen molar-refractivity contribution in [2.24, 2.45) is 0 Å². The minimum absolute atomic E-state index is 0.277. The van der Waals surface area contributed by atoms with Gasteiger partial charge >= 0.3 is 0 Å². The van der Waals surface area contributed by atoms with E-state index in [1.165, 1.54) is 24.8 Å². The van der Waals surface area contributed by atoms with Crippen molar-refractivity contribution in [2.75, 3.05) is 39.3 Å². The number of aryl methyl sites for hydroxylation is 1. The van der Waals surface area contributed by atoms with Gasteiger partial charge in [0.1, 0.15) is 0 Å². The summed E-state index contributed by atoms with van der Waals surface area (Å²) in [5.74, 6) is 0.277. The van der Waals surface area contributed by atoms with Crippen LogP contribution in [0.4, 0.5) is 0 Å². The zero-order valence-electron chi connectivity index (χ0n) is 17.3. The van der Waals surface area contributed by atoms with Crippen LogP contribution in [-0.2, 0) is 17.8 Å². The van der Waals surface area contributed by atoms with Crippen LogP contribution >= 0.6 is 0 Å². The average Bonchev–Trinajstić information content (AvgIpc) is 3.11. The van der Waals surface area contributed by atoms with E-state index in [1.54, 1.807) is 0 Å². The highest BCUT2D eigenvalue weighted by atomic mass is 16.2. The molecular formula is C22H30N6O. The Morgan fingerprint density at radius 2 is 2.00 bits per heavy atom. The Kier molecular flexibility index (Phi) is 5.09. The lowest BCUT2D eigenvalue weighted by atomic mass is 9.91. The van der Waals surface area contributed by atoms with Crippen LogP contribution in [0.25, 0.3) is 5.69 Å². The van der Waals surface area contributed by atoms with E-state index in [4.69, 9.17) is 5.10 Å². The number of pyridine rings is 1. The fraction of sp³-hybridized carbons (Fsp3) is 0.591. The number of hydrogen-bond acceptors (Lipinski definition) is 5. The predicted molar refractivity (Wildman–Crippen MR) is 111 cm³/mol. The van der Waals surface area contributed by atoms with Gasteiger partial charge in [-0.3, -0.25) is 19.6 Å². The topological polar surface area (TPSA) is 57.5 Å². The Labute approximate surface area is 172 Å². The largest absolute Gasteiger partial charge is 0.339 e. The first-order chi connectivity index (χ1) is 14.2. The Hall–Kier alpha value is -2.25. The normalized spacial score (nSPS) is 21.1. The summed E-state index contributed by atoms with van der Waals surface area (Å²) in [4.78, 5) is 24.0. The van der Waals surface area contributed by atoms with Crippen LogP contribution in [0.1, 0.15) is 36.2 Å². The second-order valence-electron chi connectivity index (χ2n) is 8.66. The molecule has 2 fully saturated rings.